The number of carbonyl (C=O) groups excluding carboxylic acids is 1. The topological polar surface area (TPSA) is 82.1 Å². The molecule has 3 aromatic rings. The Kier molecular flexibility index (Phi) is 22.9. The molecule has 0 spiro atoms. The first kappa shape index (κ1) is 52.0. The average Bonchev–Trinajstić information content (AvgIpc) is 3.54. The van der Waals surface area contributed by atoms with E-state index in [4.69, 9.17) is 61.3 Å². The average molecular weight is 980 g/mol. The Morgan fingerprint density at radius 2 is 1.22 bits per heavy atom. The first-order valence-electron chi connectivity index (χ1n) is 18.3. The molecular formula is C41H58BBr2Cl3O6Si2. The third kappa shape index (κ3) is 20.0. The molecule has 0 amide bonds. The van der Waals surface area contributed by atoms with Crippen molar-refractivity contribution in [2.24, 2.45) is 0 Å². The van der Waals surface area contributed by atoms with Gasteiger partial charge >= 0.3 is 5.97 Å². The van der Waals surface area contributed by atoms with Crippen molar-refractivity contribution >= 4 is 103 Å². The number of aliphatic carboxylic acids is 1. The zero-order valence-corrected chi connectivity index (χ0v) is 41.4. The molecule has 3 aromatic carbocycles. The molecule has 55 heavy (non-hydrogen) atoms. The minimum absolute atomic E-state index is 0.0117. The number of hydrogen-bond donors (Lipinski definition) is 1. The Bertz CT molecular complexity index is 1660. The van der Waals surface area contributed by atoms with Crippen LogP contribution in [0.4, 0.5) is 0 Å². The van der Waals surface area contributed by atoms with Gasteiger partial charge in [0.2, 0.25) is 0 Å². The van der Waals surface area contributed by atoms with Crippen LogP contribution in [-0.2, 0) is 37.6 Å². The van der Waals surface area contributed by atoms with Crippen LogP contribution in [0.5, 0.6) is 0 Å². The number of benzene rings is 3. The van der Waals surface area contributed by atoms with E-state index in [1.54, 1.807) is 24.3 Å². The van der Waals surface area contributed by atoms with Crippen LogP contribution in [0.15, 0.2) is 63.5 Å². The maximum absolute atomic E-state index is 11.0. The Morgan fingerprint density at radius 1 is 0.800 bits per heavy atom. The predicted molar refractivity (Wildman–Crippen MR) is 245 cm³/mol. The van der Waals surface area contributed by atoms with E-state index in [0.717, 1.165) is 70.3 Å². The van der Waals surface area contributed by atoms with Crippen molar-refractivity contribution in [3.63, 3.8) is 0 Å². The van der Waals surface area contributed by atoms with E-state index in [2.05, 4.69) is 106 Å². The Labute approximate surface area is 365 Å². The van der Waals surface area contributed by atoms with Crippen molar-refractivity contribution in [2.75, 3.05) is 19.8 Å². The van der Waals surface area contributed by atoms with Crippen LogP contribution in [-0.4, -0.2) is 67.7 Å². The number of carbonyl (C=O) groups is 2. The molecule has 0 aliphatic carbocycles. The van der Waals surface area contributed by atoms with Crippen molar-refractivity contribution in [3.05, 3.63) is 101 Å². The van der Waals surface area contributed by atoms with Crippen LogP contribution in [0, 0.1) is 0 Å². The summed E-state index contributed by atoms with van der Waals surface area (Å²) in [5.74, 6) is -0.849. The van der Waals surface area contributed by atoms with Gasteiger partial charge in [-0.05, 0) is 115 Å². The second-order valence-electron chi connectivity index (χ2n) is 16.3. The van der Waals surface area contributed by atoms with Crippen molar-refractivity contribution in [1.29, 1.82) is 0 Å². The summed E-state index contributed by atoms with van der Waals surface area (Å²) in [5.41, 5.74) is 3.63. The molecule has 4 rings (SSSR count). The molecule has 1 fully saturated rings. The van der Waals surface area contributed by atoms with Gasteiger partial charge in [0.1, 0.15) is 14.1 Å². The molecule has 1 heterocycles. The number of rotatable bonds is 11. The number of carboxylic acid groups (broad SMARTS) is 1. The molecule has 2 radical (unpaired) electrons. The van der Waals surface area contributed by atoms with Crippen LogP contribution in [0.2, 0.25) is 51.3 Å². The summed E-state index contributed by atoms with van der Waals surface area (Å²) in [4.78, 5) is 21.4. The predicted octanol–water partition coefficient (Wildman–Crippen LogP) is 13.4. The maximum atomic E-state index is 11.0. The summed E-state index contributed by atoms with van der Waals surface area (Å²) in [6.07, 6.45) is 4.72. The molecule has 14 heteroatoms. The molecule has 0 aromatic heterocycles. The van der Waals surface area contributed by atoms with Gasteiger partial charge in [-0.25, -0.2) is 0 Å². The van der Waals surface area contributed by atoms with E-state index >= 15 is 0 Å². The molecule has 304 valence electrons. The fourth-order valence-corrected chi connectivity index (χ4v) is 8.30. The monoisotopic (exact) mass is 976 g/mol. The molecule has 6 nitrogen and oxygen atoms in total. The zero-order valence-electron chi connectivity index (χ0n) is 34.0. The number of halogens is 5. The summed E-state index contributed by atoms with van der Waals surface area (Å²) in [6, 6.07) is 16.4. The van der Waals surface area contributed by atoms with Gasteiger partial charge < -0.3 is 18.7 Å². The molecule has 0 bridgehead atoms. The lowest BCUT2D eigenvalue weighted by Gasteiger charge is -2.36. The summed E-state index contributed by atoms with van der Waals surface area (Å²) >= 11 is 24.3. The lowest BCUT2D eigenvalue weighted by Crippen LogP contribution is -2.41. The largest absolute Gasteiger partial charge is 0.481 e. The highest BCUT2D eigenvalue weighted by Crippen LogP contribution is 2.37. The first-order chi connectivity index (χ1) is 25.3. The van der Waals surface area contributed by atoms with Crippen molar-refractivity contribution < 1.29 is 28.3 Å². The number of hydrogen-bond acceptors (Lipinski definition) is 5. The van der Waals surface area contributed by atoms with Crippen LogP contribution >= 0.6 is 66.7 Å². The van der Waals surface area contributed by atoms with Gasteiger partial charge in [-0.15, -0.1) is 0 Å². The van der Waals surface area contributed by atoms with E-state index in [0.29, 0.717) is 22.2 Å². The van der Waals surface area contributed by atoms with Gasteiger partial charge in [0.25, 0.3) is 0 Å². The van der Waals surface area contributed by atoms with E-state index in [9.17, 15) is 9.59 Å². The van der Waals surface area contributed by atoms with E-state index in [1.165, 1.54) is 5.56 Å². The van der Waals surface area contributed by atoms with Crippen molar-refractivity contribution in [3.8, 4) is 0 Å². The molecular weight excluding hydrogens is 922 g/mol. The SMILES string of the molecule is CC(C)(C)[Si](C)(C)OCCc1ccc(Cl)cc1Br.CC(C)(C)[Si](C)(C)OCCc1ccc(Cl)cc1C=O.O=C(O)Cc1ccc(Cl)cc1Br.[B]C1CCCO1. The molecule has 0 saturated carbocycles. The highest BCUT2D eigenvalue weighted by Gasteiger charge is 2.37. The van der Waals surface area contributed by atoms with Gasteiger partial charge in [0, 0.05) is 55.4 Å². The Morgan fingerprint density at radius 3 is 1.56 bits per heavy atom. The lowest BCUT2D eigenvalue weighted by atomic mass is 9.98. The minimum atomic E-state index is -1.71. The zero-order chi connectivity index (χ0) is 42.2. The highest BCUT2D eigenvalue weighted by atomic mass is 79.9. The summed E-state index contributed by atoms with van der Waals surface area (Å²) in [6.45, 7) is 24.8. The quantitative estimate of drug-likeness (QED) is 0.152. The molecule has 1 aliphatic rings. The van der Waals surface area contributed by atoms with Crippen molar-refractivity contribution in [2.45, 2.75) is 116 Å². The van der Waals surface area contributed by atoms with Gasteiger partial charge in [0.15, 0.2) is 16.6 Å². The summed E-state index contributed by atoms with van der Waals surface area (Å²) in [7, 11) is 1.97. The van der Waals surface area contributed by atoms with E-state index < -0.39 is 22.6 Å². The fraction of sp³-hybridized carbons (Fsp3) is 0.512. The molecule has 1 N–H and O–H groups in total. The minimum Gasteiger partial charge on any atom is -0.481 e. The van der Waals surface area contributed by atoms with Gasteiger partial charge in [-0.2, -0.15) is 0 Å². The van der Waals surface area contributed by atoms with Crippen LogP contribution in [0.25, 0.3) is 0 Å². The number of aldehydes is 1. The Balaban J connectivity index is 0.000000389. The van der Waals surface area contributed by atoms with E-state index in [-0.39, 0.29) is 22.5 Å². The lowest BCUT2D eigenvalue weighted by molar-refractivity contribution is -0.136. The van der Waals surface area contributed by atoms with Gasteiger partial charge in [0.05, 0.1) is 6.42 Å². The summed E-state index contributed by atoms with van der Waals surface area (Å²) < 4.78 is 19.0. The first-order valence-corrected chi connectivity index (χ1v) is 26.8. The maximum Gasteiger partial charge on any atom is 0.307 e. The highest BCUT2D eigenvalue weighted by molar-refractivity contribution is 9.10. The smallest absolute Gasteiger partial charge is 0.307 e. The Hall–Kier alpha value is -0.991. The number of ether oxygens (including phenoxy) is 1. The molecule has 1 aliphatic heterocycles. The molecule has 1 unspecified atom stereocenters. The second kappa shape index (κ2) is 24.2. The van der Waals surface area contributed by atoms with Crippen LogP contribution < -0.4 is 0 Å². The molecule has 1 saturated heterocycles. The normalized spacial score (nSPS) is 14.4. The third-order valence-corrected chi connectivity index (χ3v) is 21.1. The van der Waals surface area contributed by atoms with Gasteiger partial charge in [-0.1, -0.05) is 126 Å². The van der Waals surface area contributed by atoms with E-state index in [1.807, 2.05) is 24.3 Å². The van der Waals surface area contributed by atoms with Crippen molar-refractivity contribution in [1.82, 2.24) is 0 Å². The van der Waals surface area contributed by atoms with Crippen LogP contribution in [0.3, 0.4) is 0 Å². The van der Waals surface area contributed by atoms with Crippen LogP contribution in [0.1, 0.15) is 81.4 Å². The fourth-order valence-electron chi connectivity index (χ4n) is 4.32. The number of carboxylic acids is 1. The second-order valence-corrected chi connectivity index (χ2v) is 28.9. The van der Waals surface area contributed by atoms with Gasteiger partial charge in [-0.3, -0.25) is 9.59 Å². The standard InChI is InChI=1S/C15H23ClO2Si.C14H22BrClOSi.C8H6BrClO2.C4H7BO/c1-15(2,3)19(4,5)18-9-8-12-6-7-14(16)10-13(12)11-17;1-14(2,3)18(4,5)17-9-8-11-6-7-12(16)10-13(11)15;9-7-4-6(10)2-1-5(7)3-8(11)12;5-4-2-1-3-6-4/h6-7,10-11H,8-9H2,1-5H3;6-7,10H,8-9H2,1-5H3;1-2,4H,3H2,(H,11,12);4H,1-3H2. The molecule has 1 atom stereocenters. The summed E-state index contributed by atoms with van der Waals surface area (Å²) in [5, 5.41) is 10.9. The third-order valence-electron chi connectivity index (χ3n) is 9.85.